The van der Waals surface area contributed by atoms with E-state index in [1.165, 1.54) is 0 Å². The van der Waals surface area contributed by atoms with Crippen LogP contribution in [0, 0.1) is 6.92 Å². The lowest BCUT2D eigenvalue weighted by Gasteiger charge is -2.06. The first-order valence-electron chi connectivity index (χ1n) is 7.59. The average molecular weight is 378 g/mol. The lowest BCUT2D eigenvalue weighted by Crippen LogP contribution is -2.26. The number of rotatable bonds is 6. The SMILES string of the molecule is Cc1cccc(S(=O)(=O)NCCc2nc(-c3ccc(Cl)cc3)no2)c1. The van der Waals surface area contributed by atoms with Crippen LogP contribution in [-0.2, 0) is 16.4 Å². The highest BCUT2D eigenvalue weighted by atomic mass is 35.5. The molecule has 0 atom stereocenters. The summed E-state index contributed by atoms with van der Waals surface area (Å²) in [5, 5.41) is 4.52. The topological polar surface area (TPSA) is 85.1 Å². The van der Waals surface area contributed by atoms with Crippen molar-refractivity contribution in [1.82, 2.24) is 14.9 Å². The molecule has 0 fully saturated rings. The smallest absolute Gasteiger partial charge is 0.240 e. The molecule has 0 radical (unpaired) electrons. The van der Waals surface area contributed by atoms with E-state index in [1.54, 1.807) is 42.5 Å². The first kappa shape index (κ1) is 17.6. The monoisotopic (exact) mass is 377 g/mol. The van der Waals surface area contributed by atoms with E-state index in [-0.39, 0.29) is 11.4 Å². The highest BCUT2D eigenvalue weighted by Crippen LogP contribution is 2.18. The molecule has 0 saturated heterocycles. The van der Waals surface area contributed by atoms with Gasteiger partial charge in [-0.3, -0.25) is 0 Å². The molecular formula is C17H16ClN3O3S. The Labute approximate surface area is 150 Å². The van der Waals surface area contributed by atoms with E-state index in [0.717, 1.165) is 11.1 Å². The maximum absolute atomic E-state index is 12.2. The summed E-state index contributed by atoms with van der Waals surface area (Å²) in [6.07, 6.45) is 0.297. The zero-order chi connectivity index (χ0) is 17.9. The van der Waals surface area contributed by atoms with Crippen LogP contribution in [-0.4, -0.2) is 25.1 Å². The number of sulfonamides is 1. The predicted molar refractivity (Wildman–Crippen MR) is 94.8 cm³/mol. The molecule has 130 valence electrons. The van der Waals surface area contributed by atoms with Gasteiger partial charge in [-0.25, -0.2) is 13.1 Å². The molecule has 6 nitrogen and oxygen atoms in total. The zero-order valence-corrected chi connectivity index (χ0v) is 15.0. The number of aryl methyl sites for hydroxylation is 1. The lowest BCUT2D eigenvalue weighted by atomic mass is 10.2. The van der Waals surface area contributed by atoms with Crippen LogP contribution in [0.5, 0.6) is 0 Å². The Kier molecular flexibility index (Phi) is 5.17. The van der Waals surface area contributed by atoms with Gasteiger partial charge < -0.3 is 4.52 Å². The Morgan fingerprint density at radius 3 is 2.64 bits per heavy atom. The minimum absolute atomic E-state index is 0.165. The van der Waals surface area contributed by atoms with Crippen LogP contribution in [0.25, 0.3) is 11.4 Å². The van der Waals surface area contributed by atoms with Gasteiger partial charge in [-0.1, -0.05) is 28.9 Å². The maximum Gasteiger partial charge on any atom is 0.240 e. The second kappa shape index (κ2) is 7.35. The molecule has 8 heteroatoms. The summed E-state index contributed by atoms with van der Waals surface area (Å²) in [6.45, 7) is 2.01. The van der Waals surface area contributed by atoms with Crippen LogP contribution in [0.3, 0.4) is 0 Å². The van der Waals surface area contributed by atoms with Crippen molar-refractivity contribution in [3.8, 4) is 11.4 Å². The molecule has 0 spiro atoms. The zero-order valence-electron chi connectivity index (χ0n) is 13.4. The molecule has 1 heterocycles. The second-order valence-corrected chi connectivity index (χ2v) is 7.69. The number of aromatic nitrogens is 2. The van der Waals surface area contributed by atoms with Crippen LogP contribution in [0.2, 0.25) is 5.02 Å². The number of hydrogen-bond acceptors (Lipinski definition) is 5. The van der Waals surface area contributed by atoms with E-state index in [0.29, 0.717) is 23.2 Å². The van der Waals surface area contributed by atoms with Gasteiger partial charge in [0.05, 0.1) is 4.90 Å². The normalized spacial score (nSPS) is 11.6. The molecule has 3 aromatic rings. The summed E-state index contributed by atoms with van der Waals surface area (Å²) in [7, 11) is -3.56. The van der Waals surface area contributed by atoms with Gasteiger partial charge in [0.2, 0.25) is 21.7 Å². The van der Waals surface area contributed by atoms with E-state index in [9.17, 15) is 8.42 Å². The fourth-order valence-corrected chi connectivity index (χ4v) is 3.49. The molecule has 0 aliphatic rings. The number of nitrogens with one attached hydrogen (secondary N) is 1. The molecule has 0 amide bonds. The minimum atomic E-state index is -3.56. The maximum atomic E-state index is 12.2. The molecule has 0 saturated carbocycles. The van der Waals surface area contributed by atoms with Crippen molar-refractivity contribution in [1.29, 1.82) is 0 Å². The van der Waals surface area contributed by atoms with Crippen molar-refractivity contribution < 1.29 is 12.9 Å². The number of nitrogens with zero attached hydrogens (tertiary/aromatic N) is 2. The summed E-state index contributed by atoms with van der Waals surface area (Å²) in [6, 6.07) is 13.8. The van der Waals surface area contributed by atoms with Gasteiger partial charge in [0.15, 0.2) is 0 Å². The van der Waals surface area contributed by atoms with Gasteiger partial charge in [-0.15, -0.1) is 0 Å². The van der Waals surface area contributed by atoms with Gasteiger partial charge in [-0.2, -0.15) is 4.98 Å². The van der Waals surface area contributed by atoms with Crippen molar-refractivity contribution in [2.75, 3.05) is 6.54 Å². The van der Waals surface area contributed by atoms with Gasteiger partial charge in [-0.05, 0) is 48.9 Å². The fourth-order valence-electron chi connectivity index (χ4n) is 2.23. The lowest BCUT2D eigenvalue weighted by molar-refractivity contribution is 0.379. The van der Waals surface area contributed by atoms with Crippen LogP contribution in [0.4, 0.5) is 0 Å². The standard InChI is InChI=1S/C17H16ClN3O3S/c1-12-3-2-4-15(11-12)25(22,23)19-10-9-16-20-17(21-24-16)13-5-7-14(18)8-6-13/h2-8,11,19H,9-10H2,1H3. The Hall–Kier alpha value is -2.22. The summed E-state index contributed by atoms with van der Waals surface area (Å²) in [5.41, 5.74) is 1.66. The third kappa shape index (κ3) is 4.45. The van der Waals surface area contributed by atoms with E-state index < -0.39 is 10.0 Å². The molecule has 0 bridgehead atoms. The van der Waals surface area contributed by atoms with E-state index in [2.05, 4.69) is 14.9 Å². The predicted octanol–water partition coefficient (Wildman–Crippen LogP) is 3.22. The first-order chi connectivity index (χ1) is 11.9. The van der Waals surface area contributed by atoms with Crippen LogP contribution in [0.1, 0.15) is 11.5 Å². The molecule has 0 unspecified atom stereocenters. The summed E-state index contributed by atoms with van der Waals surface area (Å²) >= 11 is 5.85. The second-order valence-electron chi connectivity index (χ2n) is 5.48. The van der Waals surface area contributed by atoms with Crippen molar-refractivity contribution in [3.05, 3.63) is 65.0 Å². The molecule has 0 aliphatic carbocycles. The fraction of sp³-hybridized carbons (Fsp3) is 0.176. The van der Waals surface area contributed by atoms with E-state index in [1.807, 2.05) is 13.0 Å². The summed E-state index contributed by atoms with van der Waals surface area (Å²) < 4.78 is 32.2. The Morgan fingerprint density at radius 2 is 1.92 bits per heavy atom. The molecule has 1 N–H and O–H groups in total. The van der Waals surface area contributed by atoms with Crippen molar-refractivity contribution >= 4 is 21.6 Å². The van der Waals surface area contributed by atoms with Crippen LogP contribution in [0.15, 0.2) is 57.9 Å². The number of halogens is 1. The molecule has 25 heavy (non-hydrogen) atoms. The molecular weight excluding hydrogens is 362 g/mol. The van der Waals surface area contributed by atoms with E-state index in [4.69, 9.17) is 16.1 Å². The van der Waals surface area contributed by atoms with Gasteiger partial charge >= 0.3 is 0 Å². The van der Waals surface area contributed by atoms with Gasteiger partial charge in [0.1, 0.15) is 0 Å². The largest absolute Gasteiger partial charge is 0.339 e. The number of benzene rings is 2. The Balaban J connectivity index is 1.62. The van der Waals surface area contributed by atoms with E-state index >= 15 is 0 Å². The molecule has 1 aromatic heterocycles. The molecule has 3 rings (SSSR count). The average Bonchev–Trinajstić information content (AvgIpc) is 3.04. The van der Waals surface area contributed by atoms with Crippen molar-refractivity contribution in [2.45, 2.75) is 18.2 Å². The Bertz CT molecular complexity index is 969. The van der Waals surface area contributed by atoms with Crippen LogP contribution >= 0.6 is 11.6 Å². The van der Waals surface area contributed by atoms with Crippen LogP contribution < -0.4 is 4.72 Å². The highest BCUT2D eigenvalue weighted by molar-refractivity contribution is 7.89. The summed E-state index contributed by atoms with van der Waals surface area (Å²) in [5.74, 6) is 0.796. The molecule has 0 aliphatic heterocycles. The van der Waals surface area contributed by atoms with Crippen molar-refractivity contribution in [3.63, 3.8) is 0 Å². The molecule has 2 aromatic carbocycles. The van der Waals surface area contributed by atoms with Gasteiger partial charge in [0.25, 0.3) is 0 Å². The first-order valence-corrected chi connectivity index (χ1v) is 9.45. The quantitative estimate of drug-likeness (QED) is 0.712. The highest BCUT2D eigenvalue weighted by Gasteiger charge is 2.15. The van der Waals surface area contributed by atoms with Gasteiger partial charge in [0, 0.05) is 23.6 Å². The Morgan fingerprint density at radius 1 is 1.16 bits per heavy atom. The minimum Gasteiger partial charge on any atom is -0.339 e. The summed E-state index contributed by atoms with van der Waals surface area (Å²) in [4.78, 5) is 4.50. The third-order valence-corrected chi connectivity index (χ3v) is 5.21. The third-order valence-electron chi connectivity index (χ3n) is 3.50. The van der Waals surface area contributed by atoms with Crippen molar-refractivity contribution in [2.24, 2.45) is 0 Å². The number of hydrogen-bond donors (Lipinski definition) is 1.